The third-order valence-corrected chi connectivity index (χ3v) is 9.79. The number of hydrogen-bond donors (Lipinski definition) is 1. The van der Waals surface area contributed by atoms with E-state index in [4.69, 9.17) is 18.9 Å². The Kier molecular flexibility index (Phi) is 5.32. The Morgan fingerprint density at radius 1 is 1.09 bits per heavy atom. The highest BCUT2D eigenvalue weighted by Crippen LogP contribution is 2.77. The molecular formula is C26H34O9. The van der Waals surface area contributed by atoms with Crippen molar-refractivity contribution in [1.82, 2.24) is 0 Å². The van der Waals surface area contributed by atoms with Gasteiger partial charge in [0.1, 0.15) is 6.10 Å². The molecule has 2 spiro atoms. The predicted octanol–water partition coefficient (Wildman–Crippen LogP) is 2.09. The molecule has 6 rings (SSSR count). The summed E-state index contributed by atoms with van der Waals surface area (Å²) in [5.41, 5.74) is -2.53. The molecule has 0 aromatic carbocycles. The van der Waals surface area contributed by atoms with Crippen LogP contribution in [0.25, 0.3) is 0 Å². The SMILES string of the molecule is C=C1C(=O)[C@]23C[C@H]1CC[C@H]2[C@@]12CO[C@@]3(O)[C@@H](OC(C)=O)[C@@H]1[C@@](C)(COC(C)=O)CC[C@H]2OC(C)=O. The number of ether oxygens (including phenoxy) is 4. The molecule has 6 fully saturated rings. The van der Waals surface area contributed by atoms with Crippen molar-refractivity contribution in [3.63, 3.8) is 0 Å². The topological polar surface area (TPSA) is 125 Å². The van der Waals surface area contributed by atoms with Crippen LogP contribution < -0.4 is 0 Å². The first-order chi connectivity index (χ1) is 16.3. The Labute approximate surface area is 204 Å². The molecule has 0 unspecified atom stereocenters. The van der Waals surface area contributed by atoms with Gasteiger partial charge in [-0.15, -0.1) is 0 Å². The van der Waals surface area contributed by atoms with Crippen molar-refractivity contribution >= 4 is 23.7 Å². The van der Waals surface area contributed by atoms with Crippen molar-refractivity contribution < 1.29 is 43.2 Å². The molecule has 0 aromatic rings. The van der Waals surface area contributed by atoms with Gasteiger partial charge in [-0.2, -0.15) is 0 Å². The first-order valence-electron chi connectivity index (χ1n) is 12.4. The third-order valence-electron chi connectivity index (χ3n) is 9.79. The fraction of sp³-hybridized carbons (Fsp3) is 0.769. The van der Waals surface area contributed by atoms with Gasteiger partial charge in [0.2, 0.25) is 5.79 Å². The van der Waals surface area contributed by atoms with Gasteiger partial charge in [0.25, 0.3) is 0 Å². The lowest BCUT2D eigenvalue weighted by Crippen LogP contribution is -2.84. The van der Waals surface area contributed by atoms with E-state index in [1.807, 2.05) is 6.92 Å². The maximum atomic E-state index is 13.9. The Morgan fingerprint density at radius 2 is 1.77 bits per heavy atom. The second kappa shape index (κ2) is 7.62. The second-order valence-electron chi connectivity index (χ2n) is 11.5. The summed E-state index contributed by atoms with van der Waals surface area (Å²) >= 11 is 0. The lowest BCUT2D eigenvalue weighted by atomic mass is 9.36. The highest BCUT2D eigenvalue weighted by atomic mass is 16.7. The molecule has 4 aliphatic carbocycles. The van der Waals surface area contributed by atoms with E-state index in [-0.39, 0.29) is 30.8 Å². The van der Waals surface area contributed by atoms with Crippen LogP contribution >= 0.6 is 0 Å². The van der Waals surface area contributed by atoms with Crippen LogP contribution in [0.5, 0.6) is 0 Å². The Hall–Kier alpha value is -2.26. The Balaban J connectivity index is 1.75. The van der Waals surface area contributed by atoms with Crippen LogP contribution in [0.2, 0.25) is 0 Å². The zero-order valence-electron chi connectivity index (χ0n) is 20.8. The first kappa shape index (κ1) is 24.4. The molecule has 35 heavy (non-hydrogen) atoms. The summed E-state index contributed by atoms with van der Waals surface area (Å²) in [6.07, 6.45) is 0.843. The molecule has 2 aliphatic heterocycles. The van der Waals surface area contributed by atoms with Crippen LogP contribution in [-0.2, 0) is 38.1 Å². The molecule has 9 heteroatoms. The Morgan fingerprint density at radius 3 is 2.40 bits per heavy atom. The van der Waals surface area contributed by atoms with Gasteiger partial charge in [0.05, 0.1) is 18.6 Å². The number of hydrogen-bond acceptors (Lipinski definition) is 9. The summed E-state index contributed by atoms with van der Waals surface area (Å²) in [7, 11) is 0. The van der Waals surface area contributed by atoms with E-state index in [2.05, 4.69) is 6.58 Å². The zero-order valence-corrected chi connectivity index (χ0v) is 20.8. The number of carbonyl (C=O) groups excluding carboxylic acids is 4. The normalized spacial score (nSPS) is 47.5. The van der Waals surface area contributed by atoms with Gasteiger partial charge in [0.15, 0.2) is 11.9 Å². The first-order valence-corrected chi connectivity index (χ1v) is 12.4. The van der Waals surface area contributed by atoms with Gasteiger partial charge in [-0.25, -0.2) is 0 Å². The minimum Gasteiger partial charge on any atom is -0.465 e. The molecule has 9 nitrogen and oxygen atoms in total. The van der Waals surface area contributed by atoms with E-state index >= 15 is 0 Å². The van der Waals surface area contributed by atoms with E-state index in [1.54, 1.807) is 0 Å². The largest absolute Gasteiger partial charge is 0.465 e. The standard InChI is InChI=1S/C26H34O9/c1-13-17-6-7-18-24-12-33-26(31,25(18,10-17)21(13)30)22(35-16(4)29)20(24)23(5,11-32-14(2)27)9-8-19(24)34-15(3)28/h17-20,22,31H,1,6-12H2,2-5H3/t17-,18+,19-,20-,22+,23-,24-,25+,26+/m1/s1. The quantitative estimate of drug-likeness (QED) is 0.358. The average molecular weight is 491 g/mol. The summed E-state index contributed by atoms with van der Waals surface area (Å²) in [6, 6.07) is 0. The number of rotatable bonds is 4. The van der Waals surface area contributed by atoms with Gasteiger partial charge in [0, 0.05) is 37.5 Å². The average Bonchev–Trinajstić information content (AvgIpc) is 2.96. The van der Waals surface area contributed by atoms with Gasteiger partial charge in [-0.3, -0.25) is 19.2 Å². The third kappa shape index (κ3) is 2.94. The molecule has 9 atom stereocenters. The van der Waals surface area contributed by atoms with Crippen molar-refractivity contribution in [2.45, 2.75) is 77.8 Å². The fourth-order valence-electron chi connectivity index (χ4n) is 8.71. The molecule has 1 N–H and O–H groups in total. The number of Topliss-reactive ketones (excluding diaryl/α,β-unsaturated/α-hetero) is 1. The fourth-order valence-corrected chi connectivity index (χ4v) is 8.71. The summed E-state index contributed by atoms with van der Waals surface area (Å²) in [6.45, 7) is 10.00. The summed E-state index contributed by atoms with van der Waals surface area (Å²) in [5.74, 6) is -4.88. The number of fused-ring (bicyclic) bond motifs is 2. The molecule has 0 amide bonds. The maximum absolute atomic E-state index is 13.9. The molecule has 0 aromatic heterocycles. The molecule has 6 aliphatic rings. The van der Waals surface area contributed by atoms with Gasteiger partial charge >= 0.3 is 17.9 Å². The molecule has 4 saturated carbocycles. The van der Waals surface area contributed by atoms with Gasteiger partial charge in [-0.05, 0) is 49.5 Å². The van der Waals surface area contributed by atoms with E-state index in [0.29, 0.717) is 31.3 Å². The van der Waals surface area contributed by atoms with E-state index in [0.717, 1.165) is 6.42 Å². The molecule has 0 radical (unpaired) electrons. The van der Waals surface area contributed by atoms with Crippen molar-refractivity contribution in [1.29, 1.82) is 0 Å². The van der Waals surface area contributed by atoms with E-state index in [1.165, 1.54) is 20.8 Å². The van der Waals surface area contributed by atoms with Crippen LogP contribution in [0.1, 0.15) is 59.8 Å². The maximum Gasteiger partial charge on any atom is 0.303 e. The summed E-state index contributed by atoms with van der Waals surface area (Å²) in [4.78, 5) is 50.3. The monoisotopic (exact) mass is 490 g/mol. The van der Waals surface area contributed by atoms with E-state index in [9.17, 15) is 24.3 Å². The van der Waals surface area contributed by atoms with Crippen LogP contribution in [-0.4, -0.2) is 60.0 Å². The molecule has 192 valence electrons. The van der Waals surface area contributed by atoms with Crippen LogP contribution in [0.3, 0.4) is 0 Å². The number of ketones is 1. The van der Waals surface area contributed by atoms with Crippen LogP contribution in [0.15, 0.2) is 12.2 Å². The smallest absolute Gasteiger partial charge is 0.303 e. The summed E-state index contributed by atoms with van der Waals surface area (Å²) < 4.78 is 23.4. The number of carbonyl (C=O) groups is 4. The minimum atomic E-state index is -2.07. The number of aliphatic hydroxyl groups is 1. The number of esters is 3. The van der Waals surface area contributed by atoms with Crippen molar-refractivity contribution in [2.75, 3.05) is 13.2 Å². The highest BCUT2D eigenvalue weighted by molar-refractivity contribution is 6.04. The van der Waals surface area contributed by atoms with Crippen LogP contribution in [0.4, 0.5) is 0 Å². The molecular weight excluding hydrogens is 456 g/mol. The lowest BCUT2D eigenvalue weighted by Gasteiger charge is -2.74. The van der Waals surface area contributed by atoms with E-state index < -0.39 is 58.1 Å². The lowest BCUT2D eigenvalue weighted by molar-refractivity contribution is -0.449. The second-order valence-corrected chi connectivity index (χ2v) is 11.5. The Bertz CT molecular complexity index is 1020. The summed E-state index contributed by atoms with van der Waals surface area (Å²) in [5, 5.41) is 12.3. The molecule has 2 saturated heterocycles. The van der Waals surface area contributed by atoms with Crippen molar-refractivity contribution in [3.05, 3.63) is 12.2 Å². The molecule has 2 heterocycles. The van der Waals surface area contributed by atoms with Gasteiger partial charge < -0.3 is 24.1 Å². The van der Waals surface area contributed by atoms with Crippen LogP contribution in [0, 0.1) is 34.0 Å². The molecule has 4 bridgehead atoms. The zero-order chi connectivity index (χ0) is 25.6. The minimum absolute atomic E-state index is 0.0381. The highest BCUT2D eigenvalue weighted by Gasteiger charge is 2.86. The van der Waals surface area contributed by atoms with Crippen molar-refractivity contribution in [3.8, 4) is 0 Å². The predicted molar refractivity (Wildman–Crippen MR) is 119 cm³/mol. The van der Waals surface area contributed by atoms with Crippen molar-refractivity contribution in [2.24, 2.45) is 34.0 Å². The number of allylic oxidation sites excluding steroid dienone is 1. The van der Waals surface area contributed by atoms with Gasteiger partial charge in [-0.1, -0.05) is 13.5 Å².